The van der Waals surface area contributed by atoms with Crippen LogP contribution in [0.15, 0.2) is 24.3 Å². The van der Waals surface area contributed by atoms with Gasteiger partial charge in [-0.2, -0.15) is 0 Å². The number of carbonyl (C=O) groups is 2. The van der Waals surface area contributed by atoms with Crippen LogP contribution in [0.25, 0.3) is 0 Å². The zero-order valence-corrected chi connectivity index (χ0v) is 10.5. The number of carboxylic acids is 1. The molecule has 0 aliphatic carbocycles. The fourth-order valence-electron chi connectivity index (χ4n) is 1.68. The molecule has 19 heavy (non-hydrogen) atoms. The molecule has 1 unspecified atom stereocenters. The van der Waals surface area contributed by atoms with Crippen molar-refractivity contribution in [2.24, 2.45) is 5.41 Å². The third-order valence-corrected chi connectivity index (χ3v) is 2.84. The first-order valence-corrected chi connectivity index (χ1v) is 5.37. The highest BCUT2D eigenvalue weighted by atomic mass is 16.6. The largest absolute Gasteiger partial charge is 0.480 e. The molecule has 7 nitrogen and oxygen atoms in total. The molecular weight excluding hydrogens is 254 g/mol. The average Bonchev–Trinajstić information content (AvgIpc) is 2.37. The summed E-state index contributed by atoms with van der Waals surface area (Å²) in [6, 6.07) is 5.69. The first-order chi connectivity index (χ1) is 8.82. The number of carboxylic acid groups (broad SMARTS) is 1. The number of hydrogen-bond donors (Lipinski definition) is 1. The van der Waals surface area contributed by atoms with Gasteiger partial charge >= 0.3 is 11.9 Å². The Morgan fingerprint density at radius 3 is 2.47 bits per heavy atom. The highest BCUT2D eigenvalue weighted by Crippen LogP contribution is 2.29. The van der Waals surface area contributed by atoms with Crippen molar-refractivity contribution in [2.45, 2.75) is 13.3 Å². The van der Waals surface area contributed by atoms with Crippen LogP contribution in [-0.2, 0) is 20.7 Å². The Labute approximate surface area is 109 Å². The zero-order chi connectivity index (χ0) is 14.6. The maximum atomic E-state index is 11.6. The Bertz CT molecular complexity index is 527. The second-order valence-corrected chi connectivity index (χ2v) is 4.19. The van der Waals surface area contributed by atoms with Gasteiger partial charge in [-0.05, 0) is 6.92 Å². The van der Waals surface area contributed by atoms with Crippen LogP contribution in [-0.4, -0.2) is 29.1 Å². The number of hydrogen-bond acceptors (Lipinski definition) is 5. The van der Waals surface area contributed by atoms with E-state index in [9.17, 15) is 19.7 Å². The van der Waals surface area contributed by atoms with E-state index in [-0.39, 0.29) is 17.7 Å². The lowest BCUT2D eigenvalue weighted by Gasteiger charge is -2.21. The van der Waals surface area contributed by atoms with Crippen LogP contribution < -0.4 is 0 Å². The number of para-hydroxylation sites is 1. The molecule has 0 aromatic heterocycles. The molecule has 0 saturated carbocycles. The fraction of sp³-hybridized carbons (Fsp3) is 0.333. The predicted octanol–water partition coefficient (Wildman–Crippen LogP) is 1.40. The van der Waals surface area contributed by atoms with E-state index in [0.29, 0.717) is 0 Å². The molecule has 0 bridgehead atoms. The summed E-state index contributed by atoms with van der Waals surface area (Å²) in [5.41, 5.74) is -1.91. The van der Waals surface area contributed by atoms with Crippen LogP contribution in [0.1, 0.15) is 12.5 Å². The molecule has 0 aliphatic heterocycles. The summed E-state index contributed by atoms with van der Waals surface area (Å²) in [6.07, 6.45) is -0.313. The maximum Gasteiger partial charge on any atom is 0.323 e. The number of nitro benzene ring substituents is 1. The van der Waals surface area contributed by atoms with E-state index in [0.717, 1.165) is 7.11 Å². The average molecular weight is 267 g/mol. The standard InChI is InChI=1S/C12H13NO6/c1-12(10(14)15,11(16)19-2)7-8-5-3-4-6-9(8)13(17)18/h3-6H,7H2,1-2H3,(H,14,15). The van der Waals surface area contributed by atoms with Crippen LogP contribution in [0.3, 0.4) is 0 Å². The van der Waals surface area contributed by atoms with Crippen LogP contribution in [0.4, 0.5) is 5.69 Å². The number of nitro groups is 1. The Morgan fingerprint density at radius 1 is 1.42 bits per heavy atom. The van der Waals surface area contributed by atoms with Gasteiger partial charge in [-0.15, -0.1) is 0 Å². The molecule has 0 saturated heterocycles. The van der Waals surface area contributed by atoms with E-state index in [4.69, 9.17) is 5.11 Å². The zero-order valence-electron chi connectivity index (χ0n) is 10.5. The van der Waals surface area contributed by atoms with Crippen molar-refractivity contribution < 1.29 is 24.4 Å². The number of methoxy groups -OCH3 is 1. The fourth-order valence-corrected chi connectivity index (χ4v) is 1.68. The van der Waals surface area contributed by atoms with Crippen molar-refractivity contribution in [1.29, 1.82) is 0 Å². The summed E-state index contributed by atoms with van der Waals surface area (Å²) in [5, 5.41) is 20.0. The lowest BCUT2D eigenvalue weighted by atomic mass is 9.83. The molecular formula is C12H13NO6. The van der Waals surface area contributed by atoms with Crippen molar-refractivity contribution in [3.63, 3.8) is 0 Å². The van der Waals surface area contributed by atoms with Gasteiger partial charge in [0.25, 0.3) is 5.69 Å². The molecule has 1 atom stereocenters. The number of ether oxygens (including phenoxy) is 1. The third kappa shape index (κ3) is 2.87. The van der Waals surface area contributed by atoms with Crippen molar-refractivity contribution in [2.75, 3.05) is 7.11 Å². The second-order valence-electron chi connectivity index (χ2n) is 4.19. The molecule has 0 fully saturated rings. The normalized spacial score (nSPS) is 13.4. The monoisotopic (exact) mass is 267 g/mol. The van der Waals surface area contributed by atoms with Gasteiger partial charge in [0.15, 0.2) is 5.41 Å². The number of benzene rings is 1. The summed E-state index contributed by atoms with van der Waals surface area (Å²) in [5.74, 6) is -2.34. The van der Waals surface area contributed by atoms with E-state index in [2.05, 4.69) is 4.74 Å². The molecule has 1 N–H and O–H groups in total. The topological polar surface area (TPSA) is 107 Å². The van der Waals surface area contributed by atoms with Crippen LogP contribution >= 0.6 is 0 Å². The molecule has 0 radical (unpaired) electrons. The summed E-state index contributed by atoms with van der Waals surface area (Å²) >= 11 is 0. The minimum Gasteiger partial charge on any atom is -0.480 e. The number of carbonyl (C=O) groups excluding carboxylic acids is 1. The van der Waals surface area contributed by atoms with Gasteiger partial charge in [0.2, 0.25) is 0 Å². The molecule has 102 valence electrons. The Morgan fingerprint density at radius 2 is 2.00 bits per heavy atom. The molecule has 0 heterocycles. The quantitative estimate of drug-likeness (QED) is 0.374. The van der Waals surface area contributed by atoms with Gasteiger partial charge in [-0.1, -0.05) is 18.2 Å². The lowest BCUT2D eigenvalue weighted by molar-refractivity contribution is -0.385. The van der Waals surface area contributed by atoms with Gasteiger partial charge in [0, 0.05) is 18.1 Å². The Hall–Kier alpha value is -2.44. The smallest absolute Gasteiger partial charge is 0.323 e. The number of esters is 1. The summed E-state index contributed by atoms with van der Waals surface area (Å²) < 4.78 is 4.46. The Kier molecular flexibility index (Phi) is 4.21. The minimum atomic E-state index is -1.86. The number of aliphatic carboxylic acids is 1. The predicted molar refractivity (Wildman–Crippen MR) is 64.6 cm³/mol. The first-order valence-electron chi connectivity index (χ1n) is 5.37. The summed E-state index contributed by atoms with van der Waals surface area (Å²) in [4.78, 5) is 33.1. The molecule has 1 aromatic carbocycles. The SMILES string of the molecule is COC(=O)C(C)(Cc1ccccc1[N+](=O)[O-])C(=O)O. The molecule has 1 aromatic rings. The minimum absolute atomic E-state index is 0.169. The van der Waals surface area contributed by atoms with Gasteiger partial charge in [0.05, 0.1) is 12.0 Å². The van der Waals surface area contributed by atoms with Gasteiger partial charge in [-0.25, -0.2) is 0 Å². The van der Waals surface area contributed by atoms with Crippen molar-refractivity contribution in [3.05, 3.63) is 39.9 Å². The molecule has 0 amide bonds. The van der Waals surface area contributed by atoms with E-state index in [1.54, 1.807) is 6.07 Å². The van der Waals surface area contributed by atoms with Gasteiger partial charge in [0.1, 0.15) is 0 Å². The van der Waals surface area contributed by atoms with Crippen LogP contribution in [0, 0.1) is 15.5 Å². The number of nitrogens with zero attached hydrogens (tertiary/aromatic N) is 1. The number of rotatable bonds is 5. The molecule has 0 spiro atoms. The van der Waals surface area contributed by atoms with Crippen LogP contribution in [0.5, 0.6) is 0 Å². The maximum absolute atomic E-state index is 11.6. The summed E-state index contributed by atoms with van der Waals surface area (Å²) in [7, 11) is 1.07. The first kappa shape index (κ1) is 14.6. The molecule has 1 rings (SSSR count). The van der Waals surface area contributed by atoms with E-state index < -0.39 is 22.3 Å². The molecule has 7 heteroatoms. The lowest BCUT2D eigenvalue weighted by Crippen LogP contribution is -2.39. The third-order valence-electron chi connectivity index (χ3n) is 2.84. The van der Waals surface area contributed by atoms with E-state index in [1.165, 1.54) is 25.1 Å². The Balaban J connectivity index is 3.22. The summed E-state index contributed by atoms with van der Waals surface area (Å²) in [6.45, 7) is 1.18. The van der Waals surface area contributed by atoms with Gasteiger partial charge < -0.3 is 9.84 Å². The van der Waals surface area contributed by atoms with Crippen molar-refractivity contribution in [3.8, 4) is 0 Å². The highest BCUT2D eigenvalue weighted by molar-refractivity contribution is 5.99. The van der Waals surface area contributed by atoms with Crippen molar-refractivity contribution in [1.82, 2.24) is 0 Å². The van der Waals surface area contributed by atoms with Gasteiger partial charge in [-0.3, -0.25) is 19.7 Å². The molecule has 0 aliphatic rings. The van der Waals surface area contributed by atoms with Crippen molar-refractivity contribution >= 4 is 17.6 Å². The van der Waals surface area contributed by atoms with E-state index in [1.807, 2.05) is 0 Å². The van der Waals surface area contributed by atoms with E-state index >= 15 is 0 Å². The highest BCUT2D eigenvalue weighted by Gasteiger charge is 2.44. The second kappa shape index (κ2) is 5.47. The van der Waals surface area contributed by atoms with Crippen LogP contribution in [0.2, 0.25) is 0 Å².